The minimum absolute atomic E-state index is 0.0857. The minimum Gasteiger partial charge on any atom is -0.497 e. The largest absolute Gasteiger partial charge is 0.497 e. The summed E-state index contributed by atoms with van der Waals surface area (Å²) in [4.78, 5) is 21.6. The molecule has 2 fully saturated rings. The first-order valence-electron chi connectivity index (χ1n) is 12.2. The van der Waals surface area contributed by atoms with Crippen LogP contribution in [0.3, 0.4) is 0 Å². The molecular formula is C28H30ClN3O4. The van der Waals surface area contributed by atoms with Gasteiger partial charge in [-0.3, -0.25) is 9.80 Å². The summed E-state index contributed by atoms with van der Waals surface area (Å²) in [5, 5.41) is 0.672. The number of piperidine rings is 1. The van der Waals surface area contributed by atoms with Crippen LogP contribution >= 0.6 is 11.6 Å². The molecule has 0 saturated carbocycles. The molecule has 7 nitrogen and oxygen atoms in total. The molecule has 1 aromatic heterocycles. The highest BCUT2D eigenvalue weighted by Crippen LogP contribution is 2.34. The molecule has 2 aliphatic rings. The summed E-state index contributed by atoms with van der Waals surface area (Å²) in [7, 11) is 1.64. The van der Waals surface area contributed by atoms with Crippen LogP contribution in [0.4, 0.5) is 4.79 Å². The van der Waals surface area contributed by atoms with E-state index in [2.05, 4.69) is 16.0 Å². The zero-order chi connectivity index (χ0) is 25.1. The number of hydrogen-bond acceptors (Lipinski definition) is 6. The number of amides is 1. The van der Waals surface area contributed by atoms with Crippen LogP contribution in [0.15, 0.2) is 60.7 Å². The number of carbonyl (C=O) groups excluding carboxylic acids is 1. The molecule has 0 N–H and O–H groups in total. The molecule has 188 valence electrons. The zero-order valence-corrected chi connectivity index (χ0v) is 21.3. The predicted molar refractivity (Wildman–Crippen MR) is 138 cm³/mol. The molecule has 0 spiro atoms. The number of methoxy groups -OCH3 is 1. The molecule has 1 amide bonds. The number of ether oxygens (including phenoxy) is 3. The van der Waals surface area contributed by atoms with Gasteiger partial charge in [0.2, 0.25) is 5.88 Å². The third-order valence-electron chi connectivity index (χ3n) is 6.94. The number of benzene rings is 2. The lowest BCUT2D eigenvalue weighted by Crippen LogP contribution is -2.46. The summed E-state index contributed by atoms with van der Waals surface area (Å²) in [6.45, 7) is 5.00. The molecule has 0 bridgehead atoms. The predicted octanol–water partition coefficient (Wildman–Crippen LogP) is 6.00. The van der Waals surface area contributed by atoms with Gasteiger partial charge in [0.05, 0.1) is 13.2 Å². The van der Waals surface area contributed by atoms with Crippen molar-refractivity contribution in [3.8, 4) is 17.4 Å². The summed E-state index contributed by atoms with van der Waals surface area (Å²) in [6.07, 6.45) is 1.57. The van der Waals surface area contributed by atoms with Crippen molar-refractivity contribution >= 4 is 17.7 Å². The topological polar surface area (TPSA) is 64.1 Å². The Kier molecular flexibility index (Phi) is 7.30. The van der Waals surface area contributed by atoms with Gasteiger partial charge in [0.1, 0.15) is 18.1 Å². The number of aryl methyl sites for hydroxylation is 1. The van der Waals surface area contributed by atoms with Crippen LogP contribution in [0.5, 0.6) is 17.4 Å². The molecule has 8 heteroatoms. The van der Waals surface area contributed by atoms with Crippen molar-refractivity contribution < 1.29 is 19.0 Å². The van der Waals surface area contributed by atoms with E-state index in [9.17, 15) is 4.79 Å². The highest BCUT2D eigenvalue weighted by molar-refractivity contribution is 6.30. The van der Waals surface area contributed by atoms with Gasteiger partial charge >= 0.3 is 6.09 Å². The van der Waals surface area contributed by atoms with Crippen LogP contribution in [0.1, 0.15) is 35.7 Å². The molecule has 3 heterocycles. The fourth-order valence-electron chi connectivity index (χ4n) is 4.96. The van der Waals surface area contributed by atoms with Crippen molar-refractivity contribution in [1.82, 2.24) is 14.8 Å². The van der Waals surface area contributed by atoms with Gasteiger partial charge in [0, 0.05) is 42.5 Å². The van der Waals surface area contributed by atoms with Crippen LogP contribution in [0, 0.1) is 6.92 Å². The lowest BCUT2D eigenvalue weighted by Gasteiger charge is -2.38. The van der Waals surface area contributed by atoms with Crippen molar-refractivity contribution in [2.75, 3.05) is 26.8 Å². The maximum atomic E-state index is 12.6. The van der Waals surface area contributed by atoms with Gasteiger partial charge in [-0.1, -0.05) is 29.8 Å². The van der Waals surface area contributed by atoms with Gasteiger partial charge in [0.15, 0.2) is 0 Å². The van der Waals surface area contributed by atoms with E-state index in [1.54, 1.807) is 7.11 Å². The summed E-state index contributed by atoms with van der Waals surface area (Å²) in [6, 6.07) is 19.2. The summed E-state index contributed by atoms with van der Waals surface area (Å²) >= 11 is 6.19. The number of cyclic esters (lactones) is 1. The van der Waals surface area contributed by atoms with E-state index < -0.39 is 0 Å². The van der Waals surface area contributed by atoms with Crippen LogP contribution in [-0.2, 0) is 11.3 Å². The Labute approximate surface area is 216 Å². The molecule has 5 rings (SSSR count). The molecule has 0 radical (unpaired) electrons. The van der Waals surface area contributed by atoms with Gasteiger partial charge in [-0.25, -0.2) is 9.78 Å². The molecule has 1 atom stereocenters. The number of halogens is 1. The molecule has 0 unspecified atom stereocenters. The van der Waals surface area contributed by atoms with E-state index in [1.165, 1.54) is 5.56 Å². The Morgan fingerprint density at radius 1 is 1.06 bits per heavy atom. The van der Waals surface area contributed by atoms with E-state index in [0.717, 1.165) is 49.5 Å². The van der Waals surface area contributed by atoms with Crippen molar-refractivity contribution in [3.63, 3.8) is 0 Å². The van der Waals surface area contributed by atoms with Crippen LogP contribution in [0.2, 0.25) is 5.02 Å². The number of carbonyl (C=O) groups is 1. The highest BCUT2D eigenvalue weighted by atomic mass is 35.5. The Hall–Kier alpha value is -3.29. The molecular weight excluding hydrogens is 478 g/mol. The van der Waals surface area contributed by atoms with E-state index in [-0.39, 0.29) is 18.2 Å². The smallest absolute Gasteiger partial charge is 0.410 e. The summed E-state index contributed by atoms with van der Waals surface area (Å²) < 4.78 is 16.5. The van der Waals surface area contributed by atoms with Gasteiger partial charge < -0.3 is 14.2 Å². The van der Waals surface area contributed by atoms with Crippen LogP contribution < -0.4 is 9.47 Å². The van der Waals surface area contributed by atoms with Gasteiger partial charge in [-0.05, 0) is 67.3 Å². The lowest BCUT2D eigenvalue weighted by molar-refractivity contribution is 0.104. The standard InChI is InChI=1S/C28H30ClN3O4/c1-19-21(6-11-27(30-19)36-25-9-7-24(34-2)8-10-25)17-31-14-12-23(13-15-31)32-26(18-35-28(32)33)20-4-3-5-22(29)16-20/h3-11,16,23,26H,12-15,17-18H2,1-2H3/t26-/m0/s1. The normalized spacial score (nSPS) is 18.8. The highest BCUT2D eigenvalue weighted by Gasteiger charge is 2.40. The monoisotopic (exact) mass is 507 g/mol. The number of pyridine rings is 1. The second-order valence-corrected chi connectivity index (χ2v) is 9.67. The van der Waals surface area contributed by atoms with Crippen LogP contribution in [-0.4, -0.2) is 53.7 Å². The van der Waals surface area contributed by atoms with E-state index in [1.807, 2.05) is 66.4 Å². The number of rotatable bonds is 7. The van der Waals surface area contributed by atoms with E-state index >= 15 is 0 Å². The molecule has 2 aromatic carbocycles. The summed E-state index contributed by atoms with van der Waals surface area (Å²) in [5.41, 5.74) is 3.15. The second-order valence-electron chi connectivity index (χ2n) is 9.23. The first-order chi connectivity index (χ1) is 17.5. The first kappa shape index (κ1) is 24.4. The average molecular weight is 508 g/mol. The van der Waals surface area contributed by atoms with E-state index in [0.29, 0.717) is 23.3 Å². The molecule has 2 aliphatic heterocycles. The van der Waals surface area contributed by atoms with Crippen molar-refractivity contribution in [3.05, 3.63) is 82.5 Å². The summed E-state index contributed by atoms with van der Waals surface area (Å²) in [5.74, 6) is 2.07. The zero-order valence-electron chi connectivity index (χ0n) is 20.5. The number of nitrogens with zero attached hydrogens (tertiary/aromatic N) is 3. The Morgan fingerprint density at radius 3 is 2.50 bits per heavy atom. The molecule has 2 saturated heterocycles. The first-order valence-corrected chi connectivity index (χ1v) is 12.6. The Bertz CT molecular complexity index is 1210. The third kappa shape index (κ3) is 5.42. The van der Waals surface area contributed by atoms with Gasteiger partial charge in [-0.2, -0.15) is 0 Å². The van der Waals surface area contributed by atoms with Gasteiger partial charge in [-0.15, -0.1) is 0 Å². The number of aromatic nitrogens is 1. The average Bonchev–Trinajstić information content (AvgIpc) is 3.28. The fraction of sp³-hybridized carbons (Fsp3) is 0.357. The maximum absolute atomic E-state index is 12.6. The SMILES string of the molecule is COc1ccc(Oc2ccc(CN3CCC(N4C(=O)OC[C@H]4c4cccc(Cl)c4)CC3)c(C)n2)cc1. The van der Waals surface area contributed by atoms with Crippen molar-refractivity contribution in [2.24, 2.45) is 0 Å². The fourth-order valence-corrected chi connectivity index (χ4v) is 5.16. The van der Waals surface area contributed by atoms with Gasteiger partial charge in [0.25, 0.3) is 0 Å². The number of likely N-dealkylation sites (tertiary alicyclic amines) is 1. The third-order valence-corrected chi connectivity index (χ3v) is 7.18. The second kappa shape index (κ2) is 10.8. The Balaban J connectivity index is 1.18. The minimum atomic E-state index is -0.231. The Morgan fingerprint density at radius 2 is 1.81 bits per heavy atom. The molecule has 3 aromatic rings. The lowest BCUT2D eigenvalue weighted by atomic mass is 9.98. The van der Waals surface area contributed by atoms with Crippen molar-refractivity contribution in [2.45, 2.75) is 38.4 Å². The van der Waals surface area contributed by atoms with E-state index in [4.69, 9.17) is 25.8 Å². The molecule has 36 heavy (non-hydrogen) atoms. The van der Waals surface area contributed by atoms with Crippen molar-refractivity contribution in [1.29, 1.82) is 0 Å². The molecule has 0 aliphatic carbocycles. The number of hydrogen-bond donors (Lipinski definition) is 0. The quantitative estimate of drug-likeness (QED) is 0.390. The van der Waals surface area contributed by atoms with Crippen LogP contribution in [0.25, 0.3) is 0 Å². The maximum Gasteiger partial charge on any atom is 0.410 e.